The Bertz CT molecular complexity index is 774. The number of carbonyl (C=O) groups is 2. The van der Waals surface area contributed by atoms with Crippen LogP contribution < -0.4 is 5.32 Å². The molecule has 1 heterocycles. The third kappa shape index (κ3) is 5.44. The largest absolute Gasteiger partial charge is 0.349 e. The van der Waals surface area contributed by atoms with Gasteiger partial charge in [-0.2, -0.15) is 0 Å². The number of rotatable bonds is 8. The maximum absolute atomic E-state index is 13.0. The zero-order chi connectivity index (χ0) is 19.9. The maximum Gasteiger partial charge on any atom is 0.225 e. The third-order valence-corrected chi connectivity index (χ3v) is 5.36. The summed E-state index contributed by atoms with van der Waals surface area (Å²) >= 11 is 0. The predicted molar refractivity (Wildman–Crippen MR) is 112 cm³/mol. The second-order valence-corrected chi connectivity index (χ2v) is 8.08. The van der Waals surface area contributed by atoms with Crippen LogP contribution in [0.15, 0.2) is 60.7 Å². The quantitative estimate of drug-likeness (QED) is 0.755. The molecular weight excluding hydrogens is 348 g/mol. The lowest BCUT2D eigenvalue weighted by Gasteiger charge is -2.22. The number of likely N-dealkylation sites (tertiary alicyclic amines) is 1. The van der Waals surface area contributed by atoms with Crippen molar-refractivity contribution in [3.8, 4) is 0 Å². The van der Waals surface area contributed by atoms with E-state index in [9.17, 15) is 9.59 Å². The molecule has 1 fully saturated rings. The maximum atomic E-state index is 13.0. The molecule has 0 spiro atoms. The lowest BCUT2D eigenvalue weighted by Crippen LogP contribution is -2.36. The molecule has 0 saturated carbocycles. The number of benzene rings is 2. The van der Waals surface area contributed by atoms with Gasteiger partial charge in [0, 0.05) is 19.5 Å². The number of nitrogens with one attached hydrogen (secondary N) is 1. The predicted octanol–water partition coefficient (Wildman–Crippen LogP) is 3.98. The van der Waals surface area contributed by atoms with Gasteiger partial charge in [-0.1, -0.05) is 74.5 Å². The minimum Gasteiger partial charge on any atom is -0.349 e. The smallest absolute Gasteiger partial charge is 0.225 e. The van der Waals surface area contributed by atoms with E-state index in [4.69, 9.17) is 0 Å². The number of amides is 2. The third-order valence-electron chi connectivity index (χ3n) is 5.36. The summed E-state index contributed by atoms with van der Waals surface area (Å²) in [6.07, 6.45) is 2.02. The van der Waals surface area contributed by atoms with E-state index in [1.54, 1.807) is 0 Å². The first-order valence-electron chi connectivity index (χ1n) is 10.2. The Morgan fingerprint density at radius 2 is 1.71 bits per heavy atom. The lowest BCUT2D eigenvalue weighted by molar-refractivity contribution is -0.129. The van der Waals surface area contributed by atoms with Crippen LogP contribution in [0.25, 0.3) is 0 Å². The van der Waals surface area contributed by atoms with Crippen LogP contribution in [-0.4, -0.2) is 29.8 Å². The van der Waals surface area contributed by atoms with Gasteiger partial charge in [-0.15, -0.1) is 0 Å². The molecule has 2 amide bonds. The molecule has 2 atom stereocenters. The fourth-order valence-electron chi connectivity index (χ4n) is 3.65. The Hall–Kier alpha value is -2.62. The molecule has 4 heteroatoms. The van der Waals surface area contributed by atoms with Gasteiger partial charge < -0.3 is 10.2 Å². The molecule has 1 saturated heterocycles. The number of carbonyl (C=O) groups excluding carboxylic acids is 2. The molecule has 0 aliphatic carbocycles. The standard InChI is InChI=1S/C24H30N2O2/c1-18(2)13-14-26-17-21(16-23(26)27)24(28)25-22(20-11-7-4-8-12-20)15-19-9-5-3-6-10-19/h3-12,18,21-22H,13-17H2,1-2H3,(H,25,28). The highest BCUT2D eigenvalue weighted by molar-refractivity contribution is 5.89. The number of hydrogen-bond acceptors (Lipinski definition) is 2. The first kappa shape index (κ1) is 20.1. The second kappa shape index (κ2) is 9.54. The van der Waals surface area contributed by atoms with Gasteiger partial charge in [0.25, 0.3) is 0 Å². The summed E-state index contributed by atoms with van der Waals surface area (Å²) in [5.74, 6) is 0.362. The van der Waals surface area contributed by atoms with Crippen molar-refractivity contribution in [2.75, 3.05) is 13.1 Å². The highest BCUT2D eigenvalue weighted by Crippen LogP contribution is 2.23. The summed E-state index contributed by atoms with van der Waals surface area (Å²) in [6.45, 7) is 5.58. The molecule has 148 valence electrons. The fourth-order valence-corrected chi connectivity index (χ4v) is 3.65. The highest BCUT2D eigenvalue weighted by atomic mass is 16.2. The van der Waals surface area contributed by atoms with Gasteiger partial charge in [-0.25, -0.2) is 0 Å². The van der Waals surface area contributed by atoms with Crippen LogP contribution in [-0.2, 0) is 16.0 Å². The first-order chi connectivity index (χ1) is 13.5. The minimum absolute atomic E-state index is 0.0230. The number of hydrogen-bond donors (Lipinski definition) is 1. The Balaban J connectivity index is 1.67. The molecule has 2 aromatic carbocycles. The van der Waals surface area contributed by atoms with Crippen LogP contribution in [0.2, 0.25) is 0 Å². The molecule has 0 aromatic heterocycles. The van der Waals surface area contributed by atoms with E-state index >= 15 is 0 Å². The van der Waals surface area contributed by atoms with E-state index in [2.05, 4.69) is 31.3 Å². The summed E-state index contributed by atoms with van der Waals surface area (Å²) in [7, 11) is 0. The SMILES string of the molecule is CC(C)CCN1CC(C(=O)NC(Cc2ccccc2)c2ccccc2)CC1=O. The van der Waals surface area contributed by atoms with Crippen LogP contribution in [0.3, 0.4) is 0 Å². The molecule has 28 heavy (non-hydrogen) atoms. The molecular formula is C24H30N2O2. The molecule has 2 unspecified atom stereocenters. The Kier molecular flexibility index (Phi) is 6.85. The summed E-state index contributed by atoms with van der Waals surface area (Å²) < 4.78 is 0. The van der Waals surface area contributed by atoms with Gasteiger partial charge in [-0.3, -0.25) is 9.59 Å². The van der Waals surface area contributed by atoms with Crippen molar-refractivity contribution in [1.29, 1.82) is 0 Å². The summed E-state index contributed by atoms with van der Waals surface area (Å²) in [4.78, 5) is 27.1. The Morgan fingerprint density at radius 3 is 2.36 bits per heavy atom. The topological polar surface area (TPSA) is 49.4 Å². The summed E-state index contributed by atoms with van der Waals surface area (Å²) in [6, 6.07) is 20.1. The van der Waals surface area contributed by atoms with Crippen LogP contribution in [0.1, 0.15) is 43.9 Å². The van der Waals surface area contributed by atoms with Gasteiger partial charge >= 0.3 is 0 Å². The molecule has 2 aromatic rings. The van der Waals surface area contributed by atoms with Crippen molar-refractivity contribution in [3.05, 3.63) is 71.8 Å². The summed E-state index contributed by atoms with van der Waals surface area (Å²) in [5.41, 5.74) is 2.26. The summed E-state index contributed by atoms with van der Waals surface area (Å²) in [5, 5.41) is 3.21. The van der Waals surface area contributed by atoms with Crippen molar-refractivity contribution in [3.63, 3.8) is 0 Å². The molecule has 1 N–H and O–H groups in total. The average Bonchev–Trinajstić information content (AvgIpc) is 3.08. The molecule has 1 aliphatic heterocycles. The molecule has 0 bridgehead atoms. The fraction of sp³-hybridized carbons (Fsp3) is 0.417. The van der Waals surface area contributed by atoms with Gasteiger partial charge in [0.1, 0.15) is 0 Å². The Morgan fingerprint density at radius 1 is 1.07 bits per heavy atom. The zero-order valence-corrected chi connectivity index (χ0v) is 16.8. The molecule has 4 nitrogen and oxygen atoms in total. The van der Waals surface area contributed by atoms with Gasteiger partial charge in [0.15, 0.2) is 0 Å². The minimum atomic E-state index is -0.262. The first-order valence-corrected chi connectivity index (χ1v) is 10.2. The highest BCUT2D eigenvalue weighted by Gasteiger charge is 2.34. The van der Waals surface area contributed by atoms with Gasteiger partial charge in [-0.05, 0) is 29.9 Å². The van der Waals surface area contributed by atoms with E-state index in [1.807, 2.05) is 53.4 Å². The van der Waals surface area contributed by atoms with Crippen LogP contribution in [0, 0.1) is 11.8 Å². The molecule has 3 rings (SSSR count). The van der Waals surface area contributed by atoms with Gasteiger partial charge in [0.2, 0.25) is 11.8 Å². The van der Waals surface area contributed by atoms with Crippen LogP contribution in [0.5, 0.6) is 0 Å². The van der Waals surface area contributed by atoms with E-state index in [0.717, 1.165) is 24.9 Å². The monoisotopic (exact) mass is 378 g/mol. The van der Waals surface area contributed by atoms with E-state index in [-0.39, 0.29) is 23.8 Å². The molecule has 1 aliphatic rings. The van der Waals surface area contributed by atoms with Crippen molar-refractivity contribution < 1.29 is 9.59 Å². The zero-order valence-electron chi connectivity index (χ0n) is 16.8. The van der Waals surface area contributed by atoms with Crippen LogP contribution >= 0.6 is 0 Å². The van der Waals surface area contributed by atoms with E-state index < -0.39 is 0 Å². The lowest BCUT2D eigenvalue weighted by atomic mass is 9.97. The van der Waals surface area contributed by atoms with E-state index in [0.29, 0.717) is 18.9 Å². The van der Waals surface area contributed by atoms with Gasteiger partial charge in [0.05, 0.1) is 12.0 Å². The van der Waals surface area contributed by atoms with E-state index in [1.165, 1.54) is 5.56 Å². The number of nitrogens with zero attached hydrogens (tertiary/aromatic N) is 1. The van der Waals surface area contributed by atoms with Crippen molar-refractivity contribution in [1.82, 2.24) is 10.2 Å². The normalized spacial score (nSPS) is 17.8. The Labute approximate surface area is 167 Å². The average molecular weight is 379 g/mol. The van der Waals surface area contributed by atoms with Crippen LogP contribution in [0.4, 0.5) is 0 Å². The second-order valence-electron chi connectivity index (χ2n) is 8.08. The molecule has 0 radical (unpaired) electrons. The van der Waals surface area contributed by atoms with Crippen molar-refractivity contribution in [2.24, 2.45) is 11.8 Å². The van der Waals surface area contributed by atoms with Crippen molar-refractivity contribution >= 4 is 11.8 Å². The van der Waals surface area contributed by atoms with Crippen molar-refractivity contribution in [2.45, 2.75) is 39.2 Å².